The van der Waals surface area contributed by atoms with E-state index < -0.39 is 5.97 Å². The van der Waals surface area contributed by atoms with Crippen LogP contribution in [-0.4, -0.2) is 49.7 Å². The zero-order valence-corrected chi connectivity index (χ0v) is 16.5. The van der Waals surface area contributed by atoms with Gasteiger partial charge in [0.2, 0.25) is 0 Å². The summed E-state index contributed by atoms with van der Waals surface area (Å²) in [6.07, 6.45) is 1.63. The van der Waals surface area contributed by atoms with E-state index in [9.17, 15) is 9.59 Å². The summed E-state index contributed by atoms with van der Waals surface area (Å²) in [5.74, 6) is -1.38. The third-order valence-corrected chi connectivity index (χ3v) is 4.70. The molecule has 2 aromatic heterocycles. The number of aromatic nitrogens is 3. The molecule has 3 aromatic rings. The molecule has 0 spiro atoms. The summed E-state index contributed by atoms with van der Waals surface area (Å²) in [5.41, 5.74) is 3.67. The molecule has 0 aliphatic rings. The summed E-state index contributed by atoms with van der Waals surface area (Å²) in [7, 11) is 0. The number of amides is 1. The average Bonchev–Trinajstić information content (AvgIpc) is 3.09. The second-order valence-corrected chi connectivity index (χ2v) is 7.00. The molecule has 1 N–H and O–H groups in total. The Labute approximate surface area is 163 Å². The van der Waals surface area contributed by atoms with E-state index in [0.29, 0.717) is 28.8 Å². The van der Waals surface area contributed by atoms with Gasteiger partial charge >= 0.3 is 5.97 Å². The number of pyridine rings is 1. The summed E-state index contributed by atoms with van der Waals surface area (Å²) >= 11 is 0. The lowest BCUT2D eigenvalue weighted by Crippen LogP contribution is -2.35. The fourth-order valence-electron chi connectivity index (χ4n) is 3.23. The molecule has 3 rings (SSSR count). The van der Waals surface area contributed by atoms with Crippen molar-refractivity contribution in [3.8, 4) is 11.3 Å². The molecule has 0 aliphatic heterocycles. The Morgan fingerprint density at radius 2 is 1.96 bits per heavy atom. The Morgan fingerprint density at radius 1 is 1.25 bits per heavy atom. The van der Waals surface area contributed by atoms with Gasteiger partial charge in [0.15, 0.2) is 5.65 Å². The van der Waals surface area contributed by atoms with Crippen LogP contribution < -0.4 is 0 Å². The maximum atomic E-state index is 13.2. The van der Waals surface area contributed by atoms with Gasteiger partial charge < -0.3 is 10.0 Å². The predicted molar refractivity (Wildman–Crippen MR) is 107 cm³/mol. The van der Waals surface area contributed by atoms with Gasteiger partial charge in [0.1, 0.15) is 6.54 Å². The third kappa shape index (κ3) is 3.60. The van der Waals surface area contributed by atoms with E-state index in [0.717, 1.165) is 11.1 Å². The van der Waals surface area contributed by atoms with Gasteiger partial charge in [-0.05, 0) is 39.3 Å². The quantitative estimate of drug-likeness (QED) is 0.707. The van der Waals surface area contributed by atoms with E-state index in [1.54, 1.807) is 23.9 Å². The molecule has 0 saturated carbocycles. The Balaban J connectivity index is 2.25. The molecule has 0 fully saturated rings. The maximum Gasteiger partial charge on any atom is 0.323 e. The number of carboxylic acids is 1. The molecule has 1 aromatic carbocycles. The first kappa shape index (κ1) is 19.5. The molecule has 7 heteroatoms. The minimum atomic E-state index is -1.04. The molecular weight excluding hydrogens is 356 g/mol. The number of carbonyl (C=O) groups is 2. The number of benzene rings is 1. The highest BCUT2D eigenvalue weighted by atomic mass is 16.4. The largest absolute Gasteiger partial charge is 0.480 e. The number of nitrogens with zero attached hydrogens (tertiary/aromatic N) is 4. The van der Waals surface area contributed by atoms with Crippen LogP contribution >= 0.6 is 0 Å². The van der Waals surface area contributed by atoms with Crippen molar-refractivity contribution >= 4 is 22.9 Å². The van der Waals surface area contributed by atoms with Crippen molar-refractivity contribution in [3.05, 3.63) is 47.7 Å². The number of hydrogen-bond acceptors (Lipinski definition) is 4. The average molecular weight is 380 g/mol. The highest BCUT2D eigenvalue weighted by Crippen LogP contribution is 2.28. The van der Waals surface area contributed by atoms with E-state index in [4.69, 9.17) is 10.1 Å². The zero-order chi connectivity index (χ0) is 20.4. The molecule has 0 atom stereocenters. The summed E-state index contributed by atoms with van der Waals surface area (Å²) in [5, 5.41) is 14.2. The van der Waals surface area contributed by atoms with Crippen LogP contribution in [0.3, 0.4) is 0 Å². The number of likely N-dealkylation sites (N-methyl/N-ethyl adjacent to an activating group) is 1. The summed E-state index contributed by atoms with van der Waals surface area (Å²) in [4.78, 5) is 30.4. The topological polar surface area (TPSA) is 88.3 Å². The molecular formula is C21H24N4O3. The molecule has 28 heavy (non-hydrogen) atoms. The minimum absolute atomic E-state index is 0.0707. The summed E-state index contributed by atoms with van der Waals surface area (Å²) in [6.45, 7) is 7.70. The number of carboxylic acid groups (broad SMARTS) is 1. The monoisotopic (exact) mass is 380 g/mol. The van der Waals surface area contributed by atoms with Gasteiger partial charge in [0.25, 0.3) is 5.91 Å². The lowest BCUT2D eigenvalue weighted by molar-refractivity contribution is -0.137. The van der Waals surface area contributed by atoms with E-state index >= 15 is 0 Å². The van der Waals surface area contributed by atoms with Gasteiger partial charge in [-0.1, -0.05) is 24.3 Å². The number of aliphatic carboxylic acids is 1. The van der Waals surface area contributed by atoms with Crippen LogP contribution in [0.1, 0.15) is 42.7 Å². The van der Waals surface area contributed by atoms with Crippen LogP contribution in [0.4, 0.5) is 0 Å². The highest BCUT2D eigenvalue weighted by Gasteiger charge is 2.23. The summed E-state index contributed by atoms with van der Waals surface area (Å²) < 4.78 is 1.78. The maximum absolute atomic E-state index is 13.2. The minimum Gasteiger partial charge on any atom is -0.480 e. The molecule has 2 heterocycles. The number of carbonyl (C=O) groups excluding carboxylic acids is 1. The Hall–Kier alpha value is -3.22. The Bertz CT molecular complexity index is 1040. The molecule has 0 radical (unpaired) electrons. The molecule has 1 amide bonds. The lowest BCUT2D eigenvalue weighted by atomic mass is 10.0. The van der Waals surface area contributed by atoms with Gasteiger partial charge in [-0.3, -0.25) is 9.59 Å². The van der Waals surface area contributed by atoms with Crippen LogP contribution in [0.15, 0.2) is 36.5 Å². The number of hydrogen-bond donors (Lipinski definition) is 1. The first-order valence-electron chi connectivity index (χ1n) is 9.28. The van der Waals surface area contributed by atoms with Gasteiger partial charge in [0, 0.05) is 18.2 Å². The van der Waals surface area contributed by atoms with Crippen LogP contribution in [0.25, 0.3) is 22.3 Å². The normalized spacial score (nSPS) is 11.2. The van der Waals surface area contributed by atoms with E-state index in [-0.39, 0.29) is 18.5 Å². The van der Waals surface area contributed by atoms with E-state index in [1.165, 1.54) is 4.90 Å². The van der Waals surface area contributed by atoms with Gasteiger partial charge in [-0.15, -0.1) is 0 Å². The number of aryl methyl sites for hydroxylation is 1. The van der Waals surface area contributed by atoms with Gasteiger partial charge in [-0.25, -0.2) is 9.67 Å². The molecule has 0 aliphatic carbocycles. The standard InChI is InChI=1S/C21H24N4O3/c1-5-24(12-19(26)27)21(28)16-10-18(15-9-7-6-8-14(15)4)23-20-17(16)11-22-25(20)13(2)3/h6-11,13H,5,12H2,1-4H3,(H,26,27). The highest BCUT2D eigenvalue weighted by molar-refractivity contribution is 6.07. The van der Waals surface area contributed by atoms with Gasteiger partial charge in [-0.2, -0.15) is 5.10 Å². The molecule has 7 nitrogen and oxygen atoms in total. The molecule has 0 saturated heterocycles. The van der Waals surface area contributed by atoms with Crippen LogP contribution in [0, 0.1) is 6.92 Å². The molecule has 0 unspecified atom stereocenters. The second kappa shape index (κ2) is 7.80. The first-order valence-corrected chi connectivity index (χ1v) is 9.28. The Kier molecular flexibility index (Phi) is 5.44. The Morgan fingerprint density at radius 3 is 2.57 bits per heavy atom. The smallest absolute Gasteiger partial charge is 0.323 e. The van der Waals surface area contributed by atoms with Crippen molar-refractivity contribution in [1.29, 1.82) is 0 Å². The second-order valence-electron chi connectivity index (χ2n) is 7.00. The number of rotatable bonds is 6. The van der Waals surface area contributed by atoms with Crippen molar-refractivity contribution < 1.29 is 14.7 Å². The van der Waals surface area contributed by atoms with Crippen molar-refractivity contribution in [1.82, 2.24) is 19.7 Å². The van der Waals surface area contributed by atoms with Gasteiger partial charge in [0.05, 0.1) is 22.8 Å². The van der Waals surface area contributed by atoms with Crippen molar-refractivity contribution in [2.75, 3.05) is 13.1 Å². The van der Waals surface area contributed by atoms with E-state index in [2.05, 4.69) is 5.10 Å². The molecule has 0 bridgehead atoms. The molecule has 146 valence electrons. The van der Waals surface area contributed by atoms with Crippen LogP contribution in [0.2, 0.25) is 0 Å². The fraction of sp³-hybridized carbons (Fsp3) is 0.333. The fourth-order valence-corrected chi connectivity index (χ4v) is 3.23. The third-order valence-electron chi connectivity index (χ3n) is 4.70. The van der Waals surface area contributed by atoms with Crippen molar-refractivity contribution in [3.63, 3.8) is 0 Å². The predicted octanol–water partition coefficient (Wildman–Crippen LogP) is 3.53. The number of fused-ring (bicyclic) bond motifs is 1. The summed E-state index contributed by atoms with van der Waals surface area (Å²) in [6, 6.07) is 9.64. The lowest BCUT2D eigenvalue weighted by Gasteiger charge is -2.19. The van der Waals surface area contributed by atoms with E-state index in [1.807, 2.05) is 45.0 Å². The van der Waals surface area contributed by atoms with Crippen LogP contribution in [-0.2, 0) is 4.79 Å². The van der Waals surface area contributed by atoms with Crippen molar-refractivity contribution in [2.45, 2.75) is 33.7 Å². The first-order chi connectivity index (χ1) is 13.3. The van der Waals surface area contributed by atoms with Crippen molar-refractivity contribution in [2.24, 2.45) is 0 Å². The zero-order valence-electron chi connectivity index (χ0n) is 16.5. The van der Waals surface area contributed by atoms with Crippen LogP contribution in [0.5, 0.6) is 0 Å². The SMILES string of the molecule is CCN(CC(=O)O)C(=O)c1cc(-c2ccccc2C)nc2c1cnn2C(C)C.